The number of rotatable bonds is 2. The van der Waals surface area contributed by atoms with Crippen LogP contribution in [-0.4, -0.2) is 36.3 Å². The van der Waals surface area contributed by atoms with Crippen molar-refractivity contribution >= 4 is 29.1 Å². The second-order valence-corrected chi connectivity index (χ2v) is 6.20. The van der Waals surface area contributed by atoms with Gasteiger partial charge in [-0.05, 0) is 43.5 Å². The van der Waals surface area contributed by atoms with Crippen LogP contribution < -0.4 is 4.90 Å². The summed E-state index contributed by atoms with van der Waals surface area (Å²) in [6, 6.07) is 7.19. The van der Waals surface area contributed by atoms with Gasteiger partial charge < -0.3 is 9.80 Å². The van der Waals surface area contributed by atoms with Crippen LogP contribution in [0.25, 0.3) is 0 Å². The molecule has 112 valence electrons. The maximum atomic E-state index is 12.5. The summed E-state index contributed by atoms with van der Waals surface area (Å²) < 4.78 is 0. The number of nitrogens with zero attached hydrogens (tertiary/aromatic N) is 2. The van der Waals surface area contributed by atoms with Gasteiger partial charge >= 0.3 is 0 Å². The normalized spacial score (nSPS) is 22.7. The number of hydrogen-bond acceptors (Lipinski definition) is 2. The zero-order valence-corrected chi connectivity index (χ0v) is 12.7. The number of carbonyl (C=O) groups excluding carboxylic acids is 2. The predicted octanol–water partition coefficient (Wildman–Crippen LogP) is 2.71. The van der Waals surface area contributed by atoms with Gasteiger partial charge in [0.05, 0.1) is 5.92 Å². The monoisotopic (exact) mass is 306 g/mol. The second-order valence-electron chi connectivity index (χ2n) is 5.77. The Hall–Kier alpha value is -1.55. The van der Waals surface area contributed by atoms with E-state index in [4.69, 9.17) is 11.6 Å². The molecule has 0 saturated carbocycles. The Bertz CT molecular complexity index is 538. The Kier molecular flexibility index (Phi) is 4.15. The van der Waals surface area contributed by atoms with Gasteiger partial charge in [0.15, 0.2) is 0 Å². The first kappa shape index (κ1) is 14.4. The minimum absolute atomic E-state index is 0.0210. The maximum Gasteiger partial charge on any atom is 0.228 e. The van der Waals surface area contributed by atoms with Crippen molar-refractivity contribution in [3.05, 3.63) is 29.3 Å². The highest BCUT2D eigenvalue weighted by Crippen LogP contribution is 2.28. The van der Waals surface area contributed by atoms with E-state index in [0.29, 0.717) is 18.0 Å². The number of amides is 2. The standard InChI is InChI=1S/C16H19ClN2O2/c17-13-4-6-14(7-5-13)19-11-12(10-15(19)20)16(21)18-8-2-1-3-9-18/h4-7,12H,1-3,8-11H2/t12-/m0/s1. The molecular formula is C16H19ClN2O2. The average molecular weight is 307 g/mol. The number of benzene rings is 1. The number of piperidine rings is 1. The molecule has 2 amide bonds. The van der Waals surface area contributed by atoms with Crippen molar-refractivity contribution in [2.75, 3.05) is 24.5 Å². The van der Waals surface area contributed by atoms with Gasteiger partial charge in [0, 0.05) is 36.8 Å². The average Bonchev–Trinajstić information content (AvgIpc) is 2.90. The number of anilines is 1. The van der Waals surface area contributed by atoms with Crippen LogP contribution >= 0.6 is 11.6 Å². The van der Waals surface area contributed by atoms with Gasteiger partial charge in [-0.3, -0.25) is 9.59 Å². The molecule has 0 aliphatic carbocycles. The Morgan fingerprint density at radius 2 is 1.76 bits per heavy atom. The maximum absolute atomic E-state index is 12.5. The lowest BCUT2D eigenvalue weighted by Crippen LogP contribution is -2.40. The van der Waals surface area contributed by atoms with Gasteiger partial charge in [0.2, 0.25) is 11.8 Å². The summed E-state index contributed by atoms with van der Waals surface area (Å²) in [5.74, 6) is -0.0431. The van der Waals surface area contributed by atoms with Crippen molar-refractivity contribution < 1.29 is 9.59 Å². The summed E-state index contributed by atoms with van der Waals surface area (Å²) in [6.07, 6.45) is 3.67. The zero-order valence-electron chi connectivity index (χ0n) is 11.9. The molecule has 5 heteroatoms. The fourth-order valence-corrected chi connectivity index (χ4v) is 3.24. The SMILES string of the molecule is O=C([C@H]1CC(=O)N(c2ccc(Cl)cc2)C1)N1CCCCC1. The van der Waals surface area contributed by atoms with E-state index >= 15 is 0 Å². The molecule has 1 aromatic carbocycles. The Balaban J connectivity index is 1.69. The van der Waals surface area contributed by atoms with Crippen LogP contribution in [0.15, 0.2) is 24.3 Å². The lowest BCUT2D eigenvalue weighted by atomic mass is 10.0. The van der Waals surface area contributed by atoms with Crippen LogP contribution in [0.3, 0.4) is 0 Å². The summed E-state index contributed by atoms with van der Waals surface area (Å²) in [4.78, 5) is 28.3. The summed E-state index contributed by atoms with van der Waals surface area (Å²) in [7, 11) is 0. The van der Waals surface area contributed by atoms with Gasteiger partial charge in [-0.25, -0.2) is 0 Å². The lowest BCUT2D eigenvalue weighted by molar-refractivity contribution is -0.136. The molecule has 1 atom stereocenters. The van der Waals surface area contributed by atoms with E-state index in [0.717, 1.165) is 31.6 Å². The van der Waals surface area contributed by atoms with E-state index in [1.165, 1.54) is 6.42 Å². The molecule has 4 nitrogen and oxygen atoms in total. The van der Waals surface area contributed by atoms with Gasteiger partial charge in [0.25, 0.3) is 0 Å². The minimum Gasteiger partial charge on any atom is -0.342 e. The number of carbonyl (C=O) groups is 2. The molecule has 2 saturated heterocycles. The summed E-state index contributed by atoms with van der Waals surface area (Å²) in [5.41, 5.74) is 0.818. The van der Waals surface area contributed by atoms with Gasteiger partial charge in [0.1, 0.15) is 0 Å². The fourth-order valence-electron chi connectivity index (χ4n) is 3.12. The molecule has 0 bridgehead atoms. The van der Waals surface area contributed by atoms with E-state index < -0.39 is 0 Å². The highest BCUT2D eigenvalue weighted by molar-refractivity contribution is 6.30. The van der Waals surface area contributed by atoms with Crippen LogP contribution in [0, 0.1) is 5.92 Å². The molecule has 0 radical (unpaired) electrons. The molecule has 2 fully saturated rings. The molecule has 0 aromatic heterocycles. The van der Waals surface area contributed by atoms with Crippen molar-refractivity contribution in [3.8, 4) is 0 Å². The molecule has 2 aliphatic rings. The van der Waals surface area contributed by atoms with Crippen LogP contribution in [0.4, 0.5) is 5.69 Å². The van der Waals surface area contributed by atoms with Crippen molar-refractivity contribution in [1.82, 2.24) is 4.90 Å². The third kappa shape index (κ3) is 3.05. The number of likely N-dealkylation sites (tertiary alicyclic amines) is 1. The van der Waals surface area contributed by atoms with E-state index in [1.54, 1.807) is 17.0 Å². The largest absolute Gasteiger partial charge is 0.342 e. The van der Waals surface area contributed by atoms with Crippen LogP contribution in [0.1, 0.15) is 25.7 Å². The minimum atomic E-state index is -0.203. The first-order chi connectivity index (χ1) is 10.1. The second kappa shape index (κ2) is 6.06. The molecular weight excluding hydrogens is 288 g/mol. The van der Waals surface area contributed by atoms with E-state index in [1.807, 2.05) is 17.0 Å². The van der Waals surface area contributed by atoms with Crippen LogP contribution in [0.2, 0.25) is 5.02 Å². The number of hydrogen-bond donors (Lipinski definition) is 0. The smallest absolute Gasteiger partial charge is 0.228 e. The Labute approximate surface area is 129 Å². The molecule has 0 N–H and O–H groups in total. The molecule has 21 heavy (non-hydrogen) atoms. The molecule has 0 unspecified atom stereocenters. The van der Waals surface area contributed by atoms with E-state index in [9.17, 15) is 9.59 Å². The van der Waals surface area contributed by atoms with Gasteiger partial charge in [-0.2, -0.15) is 0 Å². The zero-order chi connectivity index (χ0) is 14.8. The lowest BCUT2D eigenvalue weighted by Gasteiger charge is -2.29. The summed E-state index contributed by atoms with van der Waals surface area (Å²) >= 11 is 5.87. The van der Waals surface area contributed by atoms with Gasteiger partial charge in [-0.15, -0.1) is 0 Å². The molecule has 3 rings (SSSR count). The molecule has 1 aromatic rings. The predicted molar refractivity (Wildman–Crippen MR) is 82.3 cm³/mol. The first-order valence-corrected chi connectivity index (χ1v) is 7.87. The summed E-state index contributed by atoms with van der Waals surface area (Å²) in [5, 5.41) is 0.645. The highest BCUT2D eigenvalue weighted by atomic mass is 35.5. The third-order valence-corrected chi connectivity index (χ3v) is 4.53. The van der Waals surface area contributed by atoms with Crippen molar-refractivity contribution in [2.24, 2.45) is 5.92 Å². The molecule has 2 aliphatic heterocycles. The van der Waals surface area contributed by atoms with Crippen molar-refractivity contribution in [1.29, 1.82) is 0 Å². The Morgan fingerprint density at radius 1 is 1.10 bits per heavy atom. The number of halogens is 1. The summed E-state index contributed by atoms with van der Waals surface area (Å²) in [6.45, 7) is 2.16. The Morgan fingerprint density at radius 3 is 2.43 bits per heavy atom. The molecule has 2 heterocycles. The highest BCUT2D eigenvalue weighted by Gasteiger charge is 2.37. The van der Waals surface area contributed by atoms with Gasteiger partial charge in [-0.1, -0.05) is 11.6 Å². The molecule has 0 spiro atoms. The van der Waals surface area contributed by atoms with E-state index in [2.05, 4.69) is 0 Å². The van der Waals surface area contributed by atoms with E-state index in [-0.39, 0.29) is 17.7 Å². The first-order valence-electron chi connectivity index (χ1n) is 7.50. The quantitative estimate of drug-likeness (QED) is 0.843. The fraction of sp³-hybridized carbons (Fsp3) is 0.500. The third-order valence-electron chi connectivity index (χ3n) is 4.28. The van der Waals surface area contributed by atoms with Crippen LogP contribution in [0.5, 0.6) is 0 Å². The topological polar surface area (TPSA) is 40.6 Å². The van der Waals surface area contributed by atoms with Crippen LogP contribution in [-0.2, 0) is 9.59 Å². The van der Waals surface area contributed by atoms with Crippen molar-refractivity contribution in [3.63, 3.8) is 0 Å². The van der Waals surface area contributed by atoms with Crippen molar-refractivity contribution in [2.45, 2.75) is 25.7 Å².